The number of fused-ring (bicyclic) bond motifs is 1. The first-order valence-electron chi connectivity index (χ1n) is 9.92. The highest BCUT2D eigenvalue weighted by atomic mass is 19.4. The monoisotopic (exact) mass is 470 g/mol. The van der Waals surface area contributed by atoms with E-state index in [4.69, 9.17) is 0 Å². The zero-order valence-electron chi connectivity index (χ0n) is 17.6. The highest BCUT2D eigenvalue weighted by molar-refractivity contribution is 5.90. The number of aromatic amines is 1. The summed E-state index contributed by atoms with van der Waals surface area (Å²) in [6.45, 7) is 2.60. The van der Waals surface area contributed by atoms with E-state index in [-0.39, 0.29) is 11.6 Å². The van der Waals surface area contributed by atoms with Crippen molar-refractivity contribution < 1.29 is 35.9 Å². The van der Waals surface area contributed by atoms with Crippen LogP contribution in [0.3, 0.4) is 0 Å². The molecule has 0 aliphatic rings. The molecule has 176 valence electrons. The molecule has 2 N–H and O–H groups in total. The van der Waals surface area contributed by atoms with E-state index in [1.165, 1.54) is 20.0 Å². The molecule has 2 aromatic carbocycles. The molecule has 0 aliphatic heterocycles. The molecule has 0 fully saturated rings. The molecule has 0 saturated carbocycles. The normalized spacial score (nSPS) is 14.2. The Hall–Kier alpha value is -3.30. The number of amides is 1. The Kier molecular flexibility index (Phi) is 6.58. The molecule has 4 nitrogen and oxygen atoms in total. The number of H-pyrrole nitrogens is 1. The van der Waals surface area contributed by atoms with Crippen LogP contribution in [0.15, 0.2) is 48.7 Å². The number of ketones is 1. The van der Waals surface area contributed by atoms with Gasteiger partial charge >= 0.3 is 12.4 Å². The van der Waals surface area contributed by atoms with Crippen LogP contribution in [0.25, 0.3) is 10.9 Å². The first-order valence-corrected chi connectivity index (χ1v) is 9.92. The Labute approximate surface area is 185 Å². The molecule has 3 rings (SSSR count). The van der Waals surface area contributed by atoms with Gasteiger partial charge in [-0.2, -0.15) is 26.3 Å². The predicted molar refractivity (Wildman–Crippen MR) is 109 cm³/mol. The summed E-state index contributed by atoms with van der Waals surface area (Å²) in [5.74, 6) is -2.14. The Morgan fingerprint density at radius 2 is 1.55 bits per heavy atom. The van der Waals surface area contributed by atoms with Crippen LogP contribution in [0.4, 0.5) is 26.3 Å². The fourth-order valence-electron chi connectivity index (χ4n) is 3.73. The van der Waals surface area contributed by atoms with Crippen LogP contribution in [-0.2, 0) is 21.9 Å². The molecule has 3 aromatic rings. The zero-order valence-corrected chi connectivity index (χ0v) is 17.6. The SMILES string of the molecule is CC(=O)NC(C)C(=O)CC(c1cc(C(F)(F)F)cc(C(F)(F)F)c1)c1c[nH]c2ccccc12. The number of rotatable bonds is 6. The number of aromatic nitrogens is 1. The maximum atomic E-state index is 13.4. The number of hydrogen-bond donors (Lipinski definition) is 2. The van der Waals surface area contributed by atoms with Crippen LogP contribution in [0.5, 0.6) is 0 Å². The molecular formula is C23H20F6N2O2. The third-order valence-corrected chi connectivity index (χ3v) is 5.32. The van der Waals surface area contributed by atoms with E-state index in [9.17, 15) is 35.9 Å². The smallest absolute Gasteiger partial charge is 0.361 e. The van der Waals surface area contributed by atoms with Crippen LogP contribution < -0.4 is 5.32 Å². The van der Waals surface area contributed by atoms with Gasteiger partial charge in [0.05, 0.1) is 17.2 Å². The van der Waals surface area contributed by atoms with Gasteiger partial charge in [0.1, 0.15) is 0 Å². The van der Waals surface area contributed by atoms with Crippen molar-refractivity contribution in [1.29, 1.82) is 0 Å². The molecule has 1 aromatic heterocycles. The highest BCUT2D eigenvalue weighted by Crippen LogP contribution is 2.41. The van der Waals surface area contributed by atoms with E-state index < -0.39 is 53.6 Å². The molecule has 2 atom stereocenters. The van der Waals surface area contributed by atoms with Gasteiger partial charge in [-0.1, -0.05) is 18.2 Å². The Morgan fingerprint density at radius 3 is 2.09 bits per heavy atom. The van der Waals surface area contributed by atoms with Gasteiger partial charge in [0.2, 0.25) is 5.91 Å². The van der Waals surface area contributed by atoms with Crippen molar-refractivity contribution in [1.82, 2.24) is 10.3 Å². The fraction of sp³-hybridized carbons (Fsp3) is 0.304. The lowest BCUT2D eigenvalue weighted by molar-refractivity contribution is -0.143. The van der Waals surface area contributed by atoms with Crippen LogP contribution >= 0.6 is 0 Å². The maximum Gasteiger partial charge on any atom is 0.416 e. The molecule has 0 spiro atoms. The molecule has 0 radical (unpaired) electrons. The quantitative estimate of drug-likeness (QED) is 0.446. The lowest BCUT2D eigenvalue weighted by Gasteiger charge is -2.22. The largest absolute Gasteiger partial charge is 0.416 e. The topological polar surface area (TPSA) is 62.0 Å². The lowest BCUT2D eigenvalue weighted by atomic mass is 9.84. The Balaban J connectivity index is 2.19. The van der Waals surface area contributed by atoms with Gasteiger partial charge in [-0.25, -0.2) is 0 Å². The van der Waals surface area contributed by atoms with Crippen molar-refractivity contribution in [2.75, 3.05) is 0 Å². The molecule has 0 bridgehead atoms. The first-order chi connectivity index (χ1) is 15.3. The second-order valence-electron chi connectivity index (χ2n) is 7.77. The Bertz CT molecular complexity index is 1150. The molecule has 10 heteroatoms. The van der Waals surface area contributed by atoms with Crippen LogP contribution in [0.1, 0.15) is 48.4 Å². The number of carbonyl (C=O) groups is 2. The van der Waals surface area contributed by atoms with Gasteiger partial charge in [-0.05, 0) is 42.3 Å². The summed E-state index contributed by atoms with van der Waals surface area (Å²) in [5.41, 5.74) is -2.23. The number of alkyl halides is 6. The summed E-state index contributed by atoms with van der Waals surface area (Å²) >= 11 is 0. The third kappa shape index (κ3) is 5.55. The summed E-state index contributed by atoms with van der Waals surface area (Å²) in [6, 6.07) is 7.11. The number of hydrogen-bond acceptors (Lipinski definition) is 2. The van der Waals surface area contributed by atoms with E-state index in [0.717, 1.165) is 0 Å². The van der Waals surface area contributed by atoms with Crippen molar-refractivity contribution in [3.8, 4) is 0 Å². The van der Waals surface area contributed by atoms with Crippen LogP contribution in [-0.4, -0.2) is 22.7 Å². The van der Waals surface area contributed by atoms with Crippen molar-refractivity contribution in [3.05, 3.63) is 70.9 Å². The summed E-state index contributed by atoms with van der Waals surface area (Å²) in [4.78, 5) is 27.0. The van der Waals surface area contributed by atoms with Crippen molar-refractivity contribution in [2.45, 2.75) is 44.6 Å². The van der Waals surface area contributed by atoms with Gasteiger partial charge in [-0.15, -0.1) is 0 Å². The van der Waals surface area contributed by atoms with E-state index in [1.807, 2.05) is 0 Å². The number of carbonyl (C=O) groups excluding carboxylic acids is 2. The van der Waals surface area contributed by atoms with Crippen molar-refractivity contribution in [2.24, 2.45) is 0 Å². The van der Waals surface area contributed by atoms with Gasteiger partial charge < -0.3 is 10.3 Å². The molecule has 0 aliphatic carbocycles. The van der Waals surface area contributed by atoms with Gasteiger partial charge in [0.25, 0.3) is 0 Å². The average Bonchev–Trinajstić information content (AvgIpc) is 3.13. The molecule has 1 amide bonds. The Morgan fingerprint density at radius 1 is 0.970 bits per heavy atom. The standard InChI is InChI=1S/C23H20F6N2O2/c1-12(31-13(2)32)21(33)10-18(19-11-30-20-6-4-3-5-17(19)20)14-7-15(22(24,25)26)9-16(8-14)23(27,28)29/h3-9,11-12,18,30H,10H2,1-2H3,(H,31,32). The number of benzene rings is 2. The van der Waals surface area contributed by atoms with Gasteiger partial charge in [0.15, 0.2) is 5.78 Å². The molecule has 2 unspecified atom stereocenters. The third-order valence-electron chi connectivity index (χ3n) is 5.32. The summed E-state index contributed by atoms with van der Waals surface area (Å²) in [5, 5.41) is 2.96. The van der Waals surface area contributed by atoms with Gasteiger partial charge in [0, 0.05) is 36.4 Å². The van der Waals surface area contributed by atoms with Crippen LogP contribution in [0, 0.1) is 0 Å². The number of para-hydroxylation sites is 1. The first kappa shape index (κ1) is 24.3. The van der Waals surface area contributed by atoms with Crippen molar-refractivity contribution >= 4 is 22.6 Å². The summed E-state index contributed by atoms with van der Waals surface area (Å²) in [6.07, 6.45) is -8.98. The molecule has 0 saturated heterocycles. The minimum atomic E-state index is -5.02. The molecular weight excluding hydrogens is 450 g/mol. The highest BCUT2D eigenvalue weighted by Gasteiger charge is 2.38. The van der Waals surface area contributed by atoms with E-state index in [1.54, 1.807) is 24.3 Å². The summed E-state index contributed by atoms with van der Waals surface area (Å²) in [7, 11) is 0. The van der Waals surface area contributed by atoms with Crippen LogP contribution in [0.2, 0.25) is 0 Å². The predicted octanol–water partition coefficient (Wildman–Crippen LogP) is 5.82. The maximum absolute atomic E-state index is 13.4. The fourth-order valence-corrected chi connectivity index (χ4v) is 3.73. The molecule has 33 heavy (non-hydrogen) atoms. The average molecular weight is 470 g/mol. The van der Waals surface area contributed by atoms with E-state index in [0.29, 0.717) is 28.6 Å². The summed E-state index contributed by atoms with van der Waals surface area (Å²) < 4.78 is 80.6. The minimum Gasteiger partial charge on any atom is -0.361 e. The van der Waals surface area contributed by atoms with Crippen molar-refractivity contribution in [3.63, 3.8) is 0 Å². The molecule has 1 heterocycles. The minimum absolute atomic E-state index is 0.0531. The second kappa shape index (κ2) is 8.92. The van der Waals surface area contributed by atoms with Gasteiger partial charge in [-0.3, -0.25) is 9.59 Å². The van der Waals surface area contributed by atoms with E-state index >= 15 is 0 Å². The second-order valence-corrected chi connectivity index (χ2v) is 7.77. The zero-order chi connectivity index (χ0) is 24.6. The number of Topliss-reactive ketones (excluding diaryl/α,β-unsaturated/α-hetero) is 1. The lowest BCUT2D eigenvalue weighted by Crippen LogP contribution is -2.37. The number of halogens is 6. The number of nitrogens with one attached hydrogen (secondary N) is 2. The van der Waals surface area contributed by atoms with E-state index in [2.05, 4.69) is 10.3 Å².